The molecule has 0 unspecified atom stereocenters. The average Bonchev–Trinajstić information content (AvgIpc) is 2.49. The summed E-state index contributed by atoms with van der Waals surface area (Å²) in [5.74, 6) is -0.0947. The molecule has 0 bridgehead atoms. The first-order valence-electron chi connectivity index (χ1n) is 7.25. The number of aryl methyl sites for hydroxylation is 2. The molecule has 4 heteroatoms. The molecule has 0 aliphatic rings. The van der Waals surface area contributed by atoms with Crippen molar-refractivity contribution in [2.75, 3.05) is 0 Å². The summed E-state index contributed by atoms with van der Waals surface area (Å²) >= 11 is 0. The van der Waals surface area contributed by atoms with Crippen molar-refractivity contribution in [3.63, 3.8) is 0 Å². The Balaban J connectivity index is 2.22. The summed E-state index contributed by atoms with van der Waals surface area (Å²) in [6.07, 6.45) is 0.602. The molecule has 2 rings (SSSR count). The molecule has 0 spiro atoms. The lowest BCUT2D eigenvalue weighted by Gasteiger charge is -2.08. The van der Waals surface area contributed by atoms with E-state index in [9.17, 15) is 9.90 Å². The number of carbonyl (C=O) groups is 1. The van der Waals surface area contributed by atoms with Crippen molar-refractivity contribution in [2.24, 2.45) is 5.10 Å². The topological polar surface area (TPSA) is 61.7 Å². The van der Waals surface area contributed by atoms with Crippen molar-refractivity contribution >= 4 is 11.6 Å². The monoisotopic (exact) mass is 296 g/mol. The molecule has 0 fully saturated rings. The number of aromatic hydroxyl groups is 1. The minimum atomic E-state index is -0.251. The lowest BCUT2D eigenvalue weighted by molar-refractivity contribution is 0.0954. The summed E-state index contributed by atoms with van der Waals surface area (Å²) in [5, 5.41) is 14.0. The first-order chi connectivity index (χ1) is 10.5. The maximum Gasteiger partial charge on any atom is 0.271 e. The largest absolute Gasteiger partial charge is 0.507 e. The number of para-hydroxylation sites is 1. The lowest BCUT2D eigenvalue weighted by Crippen LogP contribution is -2.21. The Morgan fingerprint density at radius 3 is 2.50 bits per heavy atom. The maximum atomic E-state index is 12.2. The van der Waals surface area contributed by atoms with Gasteiger partial charge in [-0.15, -0.1) is 0 Å². The summed E-state index contributed by atoms with van der Waals surface area (Å²) in [5.41, 5.74) is 6.46. The van der Waals surface area contributed by atoms with Crippen LogP contribution in [0, 0.1) is 13.8 Å². The summed E-state index contributed by atoms with van der Waals surface area (Å²) in [6.45, 7) is 5.81. The highest BCUT2D eigenvalue weighted by atomic mass is 16.3. The Kier molecular flexibility index (Phi) is 4.94. The summed E-state index contributed by atoms with van der Waals surface area (Å²) in [4.78, 5) is 12.2. The first-order valence-corrected chi connectivity index (χ1v) is 7.25. The van der Waals surface area contributed by atoms with Gasteiger partial charge in [0.15, 0.2) is 0 Å². The number of nitrogens with one attached hydrogen (secondary N) is 1. The molecule has 2 aromatic rings. The van der Waals surface area contributed by atoms with E-state index < -0.39 is 0 Å². The van der Waals surface area contributed by atoms with Crippen LogP contribution in [0.25, 0.3) is 0 Å². The van der Waals surface area contributed by atoms with Gasteiger partial charge in [0, 0.05) is 11.1 Å². The van der Waals surface area contributed by atoms with Crippen LogP contribution in [0.5, 0.6) is 5.75 Å². The maximum absolute atomic E-state index is 12.2. The Labute approximate surface area is 130 Å². The van der Waals surface area contributed by atoms with E-state index in [1.54, 1.807) is 24.3 Å². The van der Waals surface area contributed by atoms with Crippen LogP contribution in [0.1, 0.15) is 40.4 Å². The van der Waals surface area contributed by atoms with Gasteiger partial charge >= 0.3 is 0 Å². The molecule has 22 heavy (non-hydrogen) atoms. The van der Waals surface area contributed by atoms with Crippen molar-refractivity contribution in [3.8, 4) is 5.75 Å². The molecule has 2 N–H and O–H groups in total. The second-order valence-corrected chi connectivity index (χ2v) is 5.19. The normalized spacial score (nSPS) is 11.3. The lowest BCUT2D eigenvalue weighted by atomic mass is 10.1. The van der Waals surface area contributed by atoms with Crippen LogP contribution in [-0.2, 0) is 0 Å². The van der Waals surface area contributed by atoms with E-state index in [1.165, 1.54) is 0 Å². The minimum absolute atomic E-state index is 0.156. The van der Waals surface area contributed by atoms with Crippen LogP contribution >= 0.6 is 0 Å². The zero-order chi connectivity index (χ0) is 16.1. The zero-order valence-electron chi connectivity index (χ0n) is 13.1. The molecule has 4 nitrogen and oxygen atoms in total. The molecule has 0 aliphatic carbocycles. The van der Waals surface area contributed by atoms with Crippen molar-refractivity contribution in [2.45, 2.75) is 27.2 Å². The van der Waals surface area contributed by atoms with Crippen molar-refractivity contribution in [3.05, 3.63) is 64.7 Å². The Morgan fingerprint density at radius 1 is 1.14 bits per heavy atom. The molecule has 0 saturated carbocycles. The zero-order valence-corrected chi connectivity index (χ0v) is 13.1. The molecule has 0 atom stereocenters. The van der Waals surface area contributed by atoms with E-state index >= 15 is 0 Å². The van der Waals surface area contributed by atoms with Crippen LogP contribution in [0.2, 0.25) is 0 Å². The van der Waals surface area contributed by atoms with Crippen LogP contribution in [0.4, 0.5) is 0 Å². The molecule has 0 heterocycles. The summed E-state index contributed by atoms with van der Waals surface area (Å²) in [6, 6.07) is 12.6. The number of rotatable bonds is 4. The van der Waals surface area contributed by atoms with E-state index in [1.807, 2.05) is 39.0 Å². The number of nitrogens with zero attached hydrogens (tertiary/aromatic N) is 1. The van der Waals surface area contributed by atoms with E-state index in [2.05, 4.69) is 10.5 Å². The predicted octanol–water partition coefficient (Wildman–Crippen LogP) is 3.55. The fourth-order valence-electron chi connectivity index (χ4n) is 2.29. The van der Waals surface area contributed by atoms with Crippen molar-refractivity contribution in [1.82, 2.24) is 5.43 Å². The third-order valence-electron chi connectivity index (χ3n) is 3.47. The number of carbonyl (C=O) groups excluding carboxylic acids is 1. The molecule has 0 aromatic heterocycles. The van der Waals surface area contributed by atoms with Gasteiger partial charge < -0.3 is 5.11 Å². The number of hydrogen-bond acceptors (Lipinski definition) is 3. The molecule has 1 amide bonds. The molecule has 2 aromatic carbocycles. The highest BCUT2D eigenvalue weighted by Gasteiger charge is 2.10. The van der Waals surface area contributed by atoms with Gasteiger partial charge in [-0.3, -0.25) is 4.79 Å². The minimum Gasteiger partial charge on any atom is -0.507 e. The molecule has 114 valence electrons. The quantitative estimate of drug-likeness (QED) is 0.669. The highest BCUT2D eigenvalue weighted by molar-refractivity contribution is 6.04. The third-order valence-corrected chi connectivity index (χ3v) is 3.47. The number of benzene rings is 2. The summed E-state index contributed by atoms with van der Waals surface area (Å²) in [7, 11) is 0. The number of hydrogen-bond donors (Lipinski definition) is 2. The smallest absolute Gasteiger partial charge is 0.271 e. The van der Waals surface area contributed by atoms with E-state index in [-0.39, 0.29) is 11.7 Å². The van der Waals surface area contributed by atoms with Gasteiger partial charge in [-0.2, -0.15) is 5.10 Å². The van der Waals surface area contributed by atoms with Gasteiger partial charge in [0.2, 0.25) is 0 Å². The fourth-order valence-corrected chi connectivity index (χ4v) is 2.29. The average molecular weight is 296 g/mol. The Hall–Kier alpha value is -2.62. The molecular weight excluding hydrogens is 276 g/mol. The van der Waals surface area contributed by atoms with E-state index in [0.29, 0.717) is 23.3 Å². The number of phenols is 1. The van der Waals surface area contributed by atoms with E-state index in [0.717, 1.165) is 11.1 Å². The SMILES string of the molecule is CC/C(=N\NC(=O)c1ccc(C)cc1C)c1ccccc1O. The molecular formula is C18H20N2O2. The first kappa shape index (κ1) is 15.8. The third kappa shape index (κ3) is 3.52. The molecule has 0 aliphatic heterocycles. The standard InChI is InChI=1S/C18H20N2O2/c1-4-16(15-7-5-6-8-17(15)21)19-20-18(22)14-10-9-12(2)11-13(14)3/h5-11,21H,4H2,1-3H3,(H,20,22)/b19-16+. The van der Waals surface area contributed by atoms with Gasteiger partial charge in [-0.25, -0.2) is 5.43 Å². The number of amides is 1. The number of hydrazone groups is 1. The van der Waals surface area contributed by atoms with Crippen LogP contribution < -0.4 is 5.43 Å². The van der Waals surface area contributed by atoms with Gasteiger partial charge in [0.1, 0.15) is 5.75 Å². The number of phenolic OH excluding ortho intramolecular Hbond substituents is 1. The van der Waals surface area contributed by atoms with Gasteiger partial charge in [0.05, 0.1) is 5.71 Å². The Bertz CT molecular complexity index is 721. The highest BCUT2D eigenvalue weighted by Crippen LogP contribution is 2.18. The van der Waals surface area contributed by atoms with Crippen molar-refractivity contribution < 1.29 is 9.90 Å². The van der Waals surface area contributed by atoms with E-state index in [4.69, 9.17) is 0 Å². The Morgan fingerprint density at radius 2 is 1.86 bits per heavy atom. The second kappa shape index (κ2) is 6.89. The predicted molar refractivity (Wildman–Crippen MR) is 88.3 cm³/mol. The van der Waals surface area contributed by atoms with Gasteiger partial charge in [-0.05, 0) is 44.0 Å². The van der Waals surface area contributed by atoms with Crippen LogP contribution in [0.15, 0.2) is 47.6 Å². The van der Waals surface area contributed by atoms with Crippen LogP contribution in [-0.4, -0.2) is 16.7 Å². The van der Waals surface area contributed by atoms with Gasteiger partial charge in [0.25, 0.3) is 5.91 Å². The summed E-state index contributed by atoms with van der Waals surface area (Å²) < 4.78 is 0. The molecule has 0 radical (unpaired) electrons. The molecule has 0 saturated heterocycles. The fraction of sp³-hybridized carbons (Fsp3) is 0.222. The second-order valence-electron chi connectivity index (χ2n) is 5.19. The van der Waals surface area contributed by atoms with Gasteiger partial charge in [-0.1, -0.05) is 36.8 Å². The van der Waals surface area contributed by atoms with Crippen molar-refractivity contribution in [1.29, 1.82) is 0 Å². The van der Waals surface area contributed by atoms with Crippen LogP contribution in [0.3, 0.4) is 0 Å².